The van der Waals surface area contributed by atoms with Gasteiger partial charge in [-0.15, -0.1) is 12.6 Å². The first-order chi connectivity index (χ1) is 7.97. The Morgan fingerprint density at radius 2 is 1.94 bits per heavy atom. The van der Waals surface area contributed by atoms with Crippen LogP contribution in [0.1, 0.15) is 32.3 Å². The van der Waals surface area contributed by atoms with Crippen LogP contribution in [-0.4, -0.2) is 11.4 Å². The van der Waals surface area contributed by atoms with Crippen LogP contribution in [-0.2, 0) is 11.2 Å². The van der Waals surface area contributed by atoms with Crippen molar-refractivity contribution in [3.63, 3.8) is 0 Å². The Morgan fingerprint density at radius 3 is 2.47 bits per heavy atom. The minimum Gasteiger partial charge on any atom is -0.351 e. The van der Waals surface area contributed by atoms with Gasteiger partial charge in [0.2, 0.25) is 5.91 Å². The highest BCUT2D eigenvalue weighted by Gasteiger charge is 2.38. The molecule has 0 aromatic heterocycles. The number of amides is 1. The second-order valence-corrected chi connectivity index (χ2v) is 5.90. The molecule has 17 heavy (non-hydrogen) atoms. The second-order valence-electron chi connectivity index (χ2n) is 5.39. The standard InChI is InChI=1S/C14H19NOS/c1-14(2,11-5-6-11)15-13(16)9-10-3-7-12(17)8-4-10/h3-4,7-8,11,17H,5-6,9H2,1-2H3,(H,15,16). The molecule has 0 atom stereocenters. The molecule has 1 amide bonds. The fraction of sp³-hybridized carbons (Fsp3) is 0.500. The topological polar surface area (TPSA) is 29.1 Å². The predicted octanol–water partition coefficient (Wildman–Crippen LogP) is 2.82. The number of nitrogens with one attached hydrogen (secondary N) is 1. The lowest BCUT2D eigenvalue weighted by Gasteiger charge is -2.26. The molecule has 1 aliphatic carbocycles. The van der Waals surface area contributed by atoms with Gasteiger partial charge in [0.05, 0.1) is 6.42 Å². The number of thiol groups is 1. The lowest BCUT2D eigenvalue weighted by Crippen LogP contribution is -2.45. The van der Waals surface area contributed by atoms with E-state index in [4.69, 9.17) is 0 Å². The summed E-state index contributed by atoms with van der Waals surface area (Å²) in [7, 11) is 0. The van der Waals surface area contributed by atoms with Crippen LogP contribution < -0.4 is 5.32 Å². The first-order valence-electron chi connectivity index (χ1n) is 6.06. The quantitative estimate of drug-likeness (QED) is 0.789. The van der Waals surface area contributed by atoms with Gasteiger partial charge in [0.15, 0.2) is 0 Å². The van der Waals surface area contributed by atoms with Crippen molar-refractivity contribution >= 4 is 18.5 Å². The van der Waals surface area contributed by atoms with Gasteiger partial charge in [-0.1, -0.05) is 12.1 Å². The van der Waals surface area contributed by atoms with E-state index in [9.17, 15) is 4.79 Å². The molecule has 1 saturated carbocycles. The molecular formula is C14H19NOS. The Kier molecular flexibility index (Phi) is 3.48. The number of hydrogen-bond acceptors (Lipinski definition) is 2. The number of rotatable bonds is 4. The summed E-state index contributed by atoms with van der Waals surface area (Å²) in [5, 5.41) is 3.12. The highest BCUT2D eigenvalue weighted by Crippen LogP contribution is 2.39. The maximum atomic E-state index is 11.9. The maximum absolute atomic E-state index is 11.9. The van der Waals surface area contributed by atoms with Gasteiger partial charge in [0, 0.05) is 10.4 Å². The third kappa shape index (κ3) is 3.50. The second kappa shape index (κ2) is 4.73. The van der Waals surface area contributed by atoms with Gasteiger partial charge >= 0.3 is 0 Å². The van der Waals surface area contributed by atoms with E-state index in [0.29, 0.717) is 12.3 Å². The molecule has 1 aliphatic rings. The highest BCUT2D eigenvalue weighted by atomic mass is 32.1. The zero-order chi connectivity index (χ0) is 12.5. The Morgan fingerprint density at radius 1 is 1.35 bits per heavy atom. The van der Waals surface area contributed by atoms with Crippen molar-refractivity contribution < 1.29 is 4.79 Å². The van der Waals surface area contributed by atoms with Gasteiger partial charge in [0.1, 0.15) is 0 Å². The van der Waals surface area contributed by atoms with E-state index in [0.717, 1.165) is 10.5 Å². The minimum absolute atomic E-state index is 0.0550. The van der Waals surface area contributed by atoms with Crippen molar-refractivity contribution in [1.82, 2.24) is 5.32 Å². The zero-order valence-electron chi connectivity index (χ0n) is 10.4. The van der Waals surface area contributed by atoms with Gasteiger partial charge < -0.3 is 5.32 Å². The van der Waals surface area contributed by atoms with E-state index >= 15 is 0 Å². The summed E-state index contributed by atoms with van der Waals surface area (Å²) >= 11 is 4.23. The van der Waals surface area contributed by atoms with E-state index < -0.39 is 0 Å². The molecule has 1 aromatic rings. The lowest BCUT2D eigenvalue weighted by molar-refractivity contribution is -0.122. The van der Waals surface area contributed by atoms with Crippen molar-refractivity contribution in [2.24, 2.45) is 5.92 Å². The van der Waals surface area contributed by atoms with E-state index in [1.54, 1.807) is 0 Å². The van der Waals surface area contributed by atoms with Crippen molar-refractivity contribution in [1.29, 1.82) is 0 Å². The molecule has 1 fully saturated rings. The smallest absolute Gasteiger partial charge is 0.224 e. The molecule has 0 unspecified atom stereocenters. The predicted molar refractivity (Wildman–Crippen MR) is 72.3 cm³/mol. The largest absolute Gasteiger partial charge is 0.351 e. The molecule has 0 aliphatic heterocycles. The van der Waals surface area contributed by atoms with Crippen LogP contribution in [0, 0.1) is 5.92 Å². The number of carbonyl (C=O) groups excluding carboxylic acids is 1. The summed E-state index contributed by atoms with van der Waals surface area (Å²) in [4.78, 5) is 12.8. The van der Waals surface area contributed by atoms with Crippen molar-refractivity contribution in [2.45, 2.75) is 43.5 Å². The number of carbonyl (C=O) groups is 1. The number of benzene rings is 1. The van der Waals surface area contributed by atoms with Gasteiger partial charge in [-0.05, 0) is 50.3 Å². The third-order valence-corrected chi connectivity index (χ3v) is 3.66. The molecule has 3 heteroatoms. The Bertz CT molecular complexity index is 407. The van der Waals surface area contributed by atoms with Crippen LogP contribution in [0.5, 0.6) is 0 Å². The Labute approximate surface area is 108 Å². The zero-order valence-corrected chi connectivity index (χ0v) is 11.3. The Hall–Kier alpha value is -0.960. The molecule has 0 heterocycles. The minimum atomic E-state index is -0.0550. The average Bonchev–Trinajstić information content (AvgIpc) is 3.04. The van der Waals surface area contributed by atoms with Gasteiger partial charge in [-0.25, -0.2) is 0 Å². The van der Waals surface area contributed by atoms with Crippen LogP contribution in [0.3, 0.4) is 0 Å². The van der Waals surface area contributed by atoms with Crippen LogP contribution in [0.2, 0.25) is 0 Å². The fourth-order valence-electron chi connectivity index (χ4n) is 2.11. The summed E-state index contributed by atoms with van der Waals surface area (Å²) in [6, 6.07) is 7.73. The molecule has 0 radical (unpaired) electrons. The summed E-state index contributed by atoms with van der Waals surface area (Å²) in [6.45, 7) is 4.22. The number of hydrogen-bond donors (Lipinski definition) is 2. The third-order valence-electron chi connectivity index (χ3n) is 3.36. The van der Waals surface area contributed by atoms with Gasteiger partial charge in [-0.3, -0.25) is 4.79 Å². The summed E-state index contributed by atoms with van der Waals surface area (Å²) in [5.41, 5.74) is 0.979. The molecule has 1 aromatic carbocycles. The van der Waals surface area contributed by atoms with Crippen molar-refractivity contribution in [2.75, 3.05) is 0 Å². The van der Waals surface area contributed by atoms with Crippen LogP contribution in [0.15, 0.2) is 29.2 Å². The van der Waals surface area contributed by atoms with Crippen LogP contribution in [0.4, 0.5) is 0 Å². The first kappa shape index (κ1) is 12.5. The molecule has 0 spiro atoms. The fourth-order valence-corrected chi connectivity index (χ4v) is 2.26. The molecule has 2 nitrogen and oxygen atoms in total. The monoisotopic (exact) mass is 249 g/mol. The van der Waals surface area contributed by atoms with Gasteiger partial charge in [0.25, 0.3) is 0 Å². The van der Waals surface area contributed by atoms with Crippen LogP contribution in [0.25, 0.3) is 0 Å². The summed E-state index contributed by atoms with van der Waals surface area (Å²) < 4.78 is 0. The van der Waals surface area contributed by atoms with Crippen LogP contribution >= 0.6 is 12.6 Å². The highest BCUT2D eigenvalue weighted by molar-refractivity contribution is 7.80. The van der Waals surface area contributed by atoms with E-state index in [-0.39, 0.29) is 11.4 Å². The van der Waals surface area contributed by atoms with E-state index in [1.165, 1.54) is 12.8 Å². The summed E-state index contributed by atoms with van der Waals surface area (Å²) in [6.07, 6.45) is 2.92. The molecule has 0 bridgehead atoms. The summed E-state index contributed by atoms with van der Waals surface area (Å²) in [5.74, 6) is 0.764. The normalized spacial score (nSPS) is 15.7. The van der Waals surface area contributed by atoms with Gasteiger partial charge in [-0.2, -0.15) is 0 Å². The molecule has 1 N–H and O–H groups in total. The molecule has 0 saturated heterocycles. The van der Waals surface area contributed by atoms with Crippen molar-refractivity contribution in [3.8, 4) is 0 Å². The van der Waals surface area contributed by atoms with Crippen molar-refractivity contribution in [3.05, 3.63) is 29.8 Å². The Balaban J connectivity index is 1.90. The molecule has 92 valence electrons. The average molecular weight is 249 g/mol. The molecular weight excluding hydrogens is 230 g/mol. The SMILES string of the molecule is CC(C)(NC(=O)Cc1ccc(S)cc1)C1CC1. The maximum Gasteiger partial charge on any atom is 0.224 e. The lowest BCUT2D eigenvalue weighted by atomic mass is 9.98. The van der Waals surface area contributed by atoms with E-state index in [1.807, 2.05) is 24.3 Å². The molecule has 2 rings (SSSR count). The van der Waals surface area contributed by atoms with E-state index in [2.05, 4.69) is 31.8 Å². The first-order valence-corrected chi connectivity index (χ1v) is 6.51.